The Morgan fingerprint density at radius 2 is 1.68 bits per heavy atom. The number of rotatable bonds is 4. The van der Waals surface area contributed by atoms with Crippen LogP contribution in [0.15, 0.2) is 43.1 Å². The van der Waals surface area contributed by atoms with Crippen LogP contribution in [0.3, 0.4) is 0 Å². The van der Waals surface area contributed by atoms with E-state index in [9.17, 15) is 22.0 Å². The maximum Gasteiger partial charge on any atom is 0.416 e. The highest BCUT2D eigenvalue weighted by Gasteiger charge is 2.33. The summed E-state index contributed by atoms with van der Waals surface area (Å²) < 4.78 is 69.9. The number of aromatic amines is 1. The highest BCUT2D eigenvalue weighted by Crippen LogP contribution is 2.43. The second kappa shape index (κ2) is 8.13. The van der Waals surface area contributed by atoms with Crippen molar-refractivity contribution in [2.24, 2.45) is 0 Å². The van der Waals surface area contributed by atoms with Gasteiger partial charge in [-0.25, -0.2) is 8.78 Å². The maximum atomic E-state index is 14.8. The van der Waals surface area contributed by atoms with Gasteiger partial charge in [-0.15, -0.1) is 0 Å². The predicted octanol–water partition coefficient (Wildman–Crippen LogP) is 7.42. The highest BCUT2D eigenvalue weighted by atomic mass is 19.4. The first-order chi connectivity index (χ1) is 14.5. The topological polar surface area (TPSA) is 28.7 Å². The minimum atomic E-state index is -4.56. The van der Waals surface area contributed by atoms with Crippen LogP contribution in [0.1, 0.15) is 40.3 Å². The molecular weight excluding hydrogens is 411 g/mol. The molecule has 7 heteroatoms. The average Bonchev–Trinajstić information content (AvgIpc) is 3.11. The van der Waals surface area contributed by atoms with E-state index in [0.29, 0.717) is 28.0 Å². The quantitative estimate of drug-likeness (QED) is 0.337. The molecule has 0 spiro atoms. The van der Waals surface area contributed by atoms with Crippen LogP contribution in [-0.2, 0) is 6.18 Å². The number of halogens is 5. The van der Waals surface area contributed by atoms with Gasteiger partial charge in [-0.2, -0.15) is 18.3 Å². The zero-order valence-electron chi connectivity index (χ0n) is 17.5. The summed E-state index contributed by atoms with van der Waals surface area (Å²) in [5, 5.41) is 6.66. The molecule has 0 unspecified atom stereocenters. The van der Waals surface area contributed by atoms with E-state index < -0.39 is 23.4 Å². The first-order valence-electron chi connectivity index (χ1n) is 9.50. The number of hydrogen-bond acceptors (Lipinski definition) is 1. The zero-order valence-corrected chi connectivity index (χ0v) is 17.5. The van der Waals surface area contributed by atoms with Crippen LogP contribution in [0.4, 0.5) is 22.0 Å². The Kier molecular flexibility index (Phi) is 5.89. The molecule has 31 heavy (non-hydrogen) atoms. The van der Waals surface area contributed by atoms with Crippen molar-refractivity contribution >= 4 is 11.1 Å². The summed E-state index contributed by atoms with van der Waals surface area (Å²) in [5.74, 6) is -1.55. The molecule has 0 aliphatic rings. The zero-order chi connectivity index (χ0) is 23.1. The molecule has 0 bridgehead atoms. The first kappa shape index (κ1) is 22.5. The summed E-state index contributed by atoms with van der Waals surface area (Å²) >= 11 is 0. The molecule has 0 radical (unpaired) electrons. The van der Waals surface area contributed by atoms with Crippen LogP contribution in [0.5, 0.6) is 0 Å². The lowest BCUT2D eigenvalue weighted by Gasteiger charge is -2.21. The molecule has 0 saturated carbocycles. The van der Waals surface area contributed by atoms with E-state index in [1.54, 1.807) is 19.9 Å². The molecule has 162 valence electrons. The molecule has 0 saturated heterocycles. The van der Waals surface area contributed by atoms with Gasteiger partial charge >= 0.3 is 6.18 Å². The van der Waals surface area contributed by atoms with Gasteiger partial charge in [-0.05, 0) is 79.3 Å². The molecule has 3 aromatic rings. The summed E-state index contributed by atoms with van der Waals surface area (Å²) in [4.78, 5) is 0. The minimum Gasteiger partial charge on any atom is -0.278 e. The number of aromatic nitrogens is 2. The molecule has 1 aromatic heterocycles. The maximum absolute atomic E-state index is 14.8. The standard InChI is InChI=1S/C24H21F5N2/c1-6-17(15(5)21-19(25)8-7-12(2)22(21)26)20-13(3)9-16(24(27,28)29)10-18(20)23-14(4)11-30-31-23/h6-11H,5H2,1-4H3,(H,30,31)/b17-6-. The Balaban J connectivity index is 2.32. The van der Waals surface area contributed by atoms with E-state index >= 15 is 0 Å². The summed E-state index contributed by atoms with van der Waals surface area (Å²) in [6, 6.07) is 4.50. The summed E-state index contributed by atoms with van der Waals surface area (Å²) in [6.07, 6.45) is -1.47. The molecule has 0 aliphatic carbocycles. The second-order valence-electron chi connectivity index (χ2n) is 7.38. The lowest BCUT2D eigenvalue weighted by atomic mass is 9.84. The van der Waals surface area contributed by atoms with Crippen LogP contribution >= 0.6 is 0 Å². The van der Waals surface area contributed by atoms with Crippen LogP contribution < -0.4 is 0 Å². The molecule has 2 aromatic carbocycles. The van der Waals surface area contributed by atoms with E-state index in [1.807, 2.05) is 0 Å². The van der Waals surface area contributed by atoms with Crippen molar-refractivity contribution < 1.29 is 22.0 Å². The Labute approximate surface area is 177 Å². The summed E-state index contributed by atoms with van der Waals surface area (Å²) in [7, 11) is 0. The van der Waals surface area contributed by atoms with Crippen molar-refractivity contribution in [3.8, 4) is 11.3 Å². The van der Waals surface area contributed by atoms with Gasteiger partial charge in [0.25, 0.3) is 0 Å². The number of nitrogens with zero attached hydrogens (tertiary/aromatic N) is 1. The third-order valence-electron chi connectivity index (χ3n) is 5.23. The SMILES string of the molecule is C=C(/C(=C/C)c1c(C)cc(C(F)(F)F)cc1-c1[nH]ncc1C)c1c(F)ccc(C)c1F. The van der Waals surface area contributed by atoms with Gasteiger partial charge in [0.05, 0.1) is 23.0 Å². The normalized spacial score (nSPS) is 12.4. The van der Waals surface area contributed by atoms with Gasteiger partial charge in [-0.3, -0.25) is 5.10 Å². The molecule has 3 rings (SSSR count). The van der Waals surface area contributed by atoms with Gasteiger partial charge < -0.3 is 0 Å². The van der Waals surface area contributed by atoms with Gasteiger partial charge in [0.2, 0.25) is 0 Å². The smallest absolute Gasteiger partial charge is 0.278 e. The molecule has 1 N–H and O–H groups in total. The second-order valence-corrected chi connectivity index (χ2v) is 7.38. The van der Waals surface area contributed by atoms with Gasteiger partial charge in [0.15, 0.2) is 0 Å². The van der Waals surface area contributed by atoms with E-state index in [2.05, 4.69) is 16.8 Å². The number of hydrogen-bond donors (Lipinski definition) is 1. The predicted molar refractivity (Wildman–Crippen MR) is 112 cm³/mol. The van der Waals surface area contributed by atoms with Crippen molar-refractivity contribution in [1.29, 1.82) is 0 Å². The van der Waals surface area contributed by atoms with E-state index in [-0.39, 0.29) is 22.3 Å². The fraction of sp³-hybridized carbons (Fsp3) is 0.208. The lowest BCUT2D eigenvalue weighted by Crippen LogP contribution is -2.08. The molecule has 0 amide bonds. The van der Waals surface area contributed by atoms with Crippen molar-refractivity contribution in [3.63, 3.8) is 0 Å². The molecule has 0 aliphatic heterocycles. The third kappa shape index (κ3) is 4.04. The number of alkyl halides is 3. The van der Waals surface area contributed by atoms with Crippen molar-refractivity contribution in [2.75, 3.05) is 0 Å². The Hall–Kier alpha value is -3.22. The Bertz CT molecular complexity index is 1200. The number of benzene rings is 2. The third-order valence-corrected chi connectivity index (χ3v) is 5.23. The van der Waals surface area contributed by atoms with Crippen LogP contribution in [0.2, 0.25) is 0 Å². The average molecular weight is 432 g/mol. The first-order valence-corrected chi connectivity index (χ1v) is 9.50. The summed E-state index contributed by atoms with van der Waals surface area (Å²) in [6.45, 7) is 10.3. The highest BCUT2D eigenvalue weighted by molar-refractivity contribution is 6.07. The number of nitrogens with one attached hydrogen (secondary N) is 1. The number of H-pyrrole nitrogens is 1. The molecule has 0 atom stereocenters. The Morgan fingerprint density at radius 3 is 2.23 bits per heavy atom. The number of aryl methyl sites for hydroxylation is 3. The van der Waals surface area contributed by atoms with Crippen LogP contribution in [-0.4, -0.2) is 10.2 Å². The molecule has 2 nitrogen and oxygen atoms in total. The molecular formula is C24H21F5N2. The molecule has 0 fully saturated rings. The van der Waals surface area contributed by atoms with E-state index in [4.69, 9.17) is 0 Å². The van der Waals surface area contributed by atoms with Crippen molar-refractivity contribution in [2.45, 2.75) is 33.9 Å². The fourth-order valence-electron chi connectivity index (χ4n) is 3.66. The monoisotopic (exact) mass is 432 g/mol. The van der Waals surface area contributed by atoms with Crippen molar-refractivity contribution in [3.05, 3.63) is 88.1 Å². The number of allylic oxidation sites excluding steroid dienone is 3. The van der Waals surface area contributed by atoms with Crippen LogP contribution in [0, 0.1) is 32.4 Å². The van der Waals surface area contributed by atoms with E-state index in [1.165, 1.54) is 26.1 Å². The fourth-order valence-corrected chi connectivity index (χ4v) is 3.66. The summed E-state index contributed by atoms with van der Waals surface area (Å²) in [5.41, 5.74) is 1.42. The van der Waals surface area contributed by atoms with Crippen molar-refractivity contribution in [1.82, 2.24) is 10.2 Å². The van der Waals surface area contributed by atoms with Gasteiger partial charge in [0.1, 0.15) is 11.6 Å². The molecule has 1 heterocycles. The largest absolute Gasteiger partial charge is 0.416 e. The van der Waals surface area contributed by atoms with E-state index in [0.717, 1.165) is 18.2 Å². The van der Waals surface area contributed by atoms with Crippen LogP contribution in [0.25, 0.3) is 22.4 Å². The minimum absolute atomic E-state index is 0.0440. The van der Waals surface area contributed by atoms with Gasteiger partial charge in [0, 0.05) is 5.56 Å². The Morgan fingerprint density at radius 1 is 1.00 bits per heavy atom. The lowest BCUT2D eigenvalue weighted by molar-refractivity contribution is -0.137. The van der Waals surface area contributed by atoms with Gasteiger partial charge in [-0.1, -0.05) is 18.7 Å².